The zero-order valence-electron chi connectivity index (χ0n) is 15.2. The van der Waals surface area contributed by atoms with Crippen LogP contribution in [0.1, 0.15) is 30.5 Å². The summed E-state index contributed by atoms with van der Waals surface area (Å²) in [6.07, 6.45) is 2.27. The van der Waals surface area contributed by atoms with E-state index in [1.807, 2.05) is 37.3 Å². The van der Waals surface area contributed by atoms with Gasteiger partial charge in [0.05, 0.1) is 11.6 Å². The average molecular weight is 368 g/mol. The Bertz CT molecular complexity index is 805. The van der Waals surface area contributed by atoms with Crippen LogP contribution in [0.25, 0.3) is 0 Å². The highest BCUT2D eigenvalue weighted by atomic mass is 16.5. The Kier molecular flexibility index (Phi) is 5.87. The van der Waals surface area contributed by atoms with Gasteiger partial charge in [-0.05, 0) is 25.5 Å². The summed E-state index contributed by atoms with van der Waals surface area (Å²) in [6.45, 7) is 3.50. The molecule has 8 nitrogen and oxygen atoms in total. The summed E-state index contributed by atoms with van der Waals surface area (Å²) in [4.78, 5) is 16.3. The third-order valence-electron chi connectivity index (χ3n) is 4.37. The summed E-state index contributed by atoms with van der Waals surface area (Å²) in [5.41, 5.74) is 7.75. The van der Waals surface area contributed by atoms with Gasteiger partial charge in [-0.3, -0.25) is 10.7 Å². The molecular weight excluding hydrogens is 344 g/mol. The van der Waals surface area contributed by atoms with Crippen LogP contribution >= 0.6 is 0 Å². The average Bonchev–Trinajstić information content (AvgIpc) is 3.15. The van der Waals surface area contributed by atoms with Crippen LogP contribution < -0.4 is 21.7 Å². The molecule has 2 amide bonds. The number of aromatic nitrogens is 1. The van der Waals surface area contributed by atoms with Crippen molar-refractivity contribution in [3.05, 3.63) is 53.7 Å². The predicted octanol–water partition coefficient (Wildman–Crippen LogP) is 2.25. The van der Waals surface area contributed by atoms with E-state index in [1.165, 1.54) is 12.3 Å². The predicted molar refractivity (Wildman–Crippen MR) is 105 cm³/mol. The molecule has 0 saturated carbocycles. The summed E-state index contributed by atoms with van der Waals surface area (Å²) in [5.74, 6) is 0.298. The molecule has 0 bridgehead atoms. The Hall–Kier alpha value is -3.13. The van der Waals surface area contributed by atoms with Gasteiger partial charge < -0.3 is 21.1 Å². The molecule has 27 heavy (non-hydrogen) atoms. The van der Waals surface area contributed by atoms with Crippen molar-refractivity contribution in [2.24, 2.45) is 0 Å². The van der Waals surface area contributed by atoms with Crippen molar-refractivity contribution in [2.45, 2.75) is 25.5 Å². The van der Waals surface area contributed by atoms with Crippen LogP contribution in [0.5, 0.6) is 0 Å². The molecule has 2 unspecified atom stereocenters. The molecule has 0 spiro atoms. The van der Waals surface area contributed by atoms with E-state index in [0.717, 1.165) is 25.1 Å². The molecule has 8 heteroatoms. The Morgan fingerprint density at radius 1 is 1.41 bits per heavy atom. The van der Waals surface area contributed by atoms with E-state index in [4.69, 9.17) is 15.9 Å². The number of nitrogens with two attached hydrogens (primary N) is 1. The van der Waals surface area contributed by atoms with Crippen molar-refractivity contribution in [1.29, 1.82) is 5.41 Å². The maximum absolute atomic E-state index is 12.2. The van der Waals surface area contributed by atoms with E-state index in [0.29, 0.717) is 17.1 Å². The molecule has 2 aromatic rings. The number of ether oxygens (including phenoxy) is 1. The van der Waals surface area contributed by atoms with Gasteiger partial charge in [0, 0.05) is 24.5 Å². The van der Waals surface area contributed by atoms with E-state index in [9.17, 15) is 4.79 Å². The fourth-order valence-corrected chi connectivity index (χ4v) is 2.86. The van der Waals surface area contributed by atoms with Gasteiger partial charge in [0.2, 0.25) is 5.90 Å². The first-order chi connectivity index (χ1) is 13.0. The lowest BCUT2D eigenvalue weighted by Gasteiger charge is -2.16. The van der Waals surface area contributed by atoms with Crippen molar-refractivity contribution in [2.75, 3.05) is 24.1 Å². The molecule has 1 aliphatic heterocycles. The zero-order valence-corrected chi connectivity index (χ0v) is 15.2. The van der Waals surface area contributed by atoms with Gasteiger partial charge in [-0.15, -0.1) is 0 Å². The van der Waals surface area contributed by atoms with Gasteiger partial charge in [0.15, 0.2) is 0 Å². The minimum absolute atomic E-state index is 0.0117. The number of nitrogen functional groups attached to an aromatic ring is 1. The molecule has 142 valence electrons. The Labute approximate surface area is 158 Å². The van der Waals surface area contributed by atoms with Crippen molar-refractivity contribution >= 4 is 23.4 Å². The highest BCUT2D eigenvalue weighted by Crippen LogP contribution is 2.18. The fraction of sp³-hybridized carbons (Fsp3) is 0.316. The Balaban J connectivity index is 1.58. The molecule has 0 radical (unpaired) electrons. The van der Waals surface area contributed by atoms with Gasteiger partial charge in [-0.1, -0.05) is 30.3 Å². The molecule has 1 aliphatic rings. The number of rotatable bonds is 5. The Morgan fingerprint density at radius 3 is 2.85 bits per heavy atom. The normalized spacial score (nSPS) is 17.1. The van der Waals surface area contributed by atoms with E-state index < -0.39 is 0 Å². The SMILES string of the molecule is CC(NC(=O)Nc1cc(N)c(C(=N)OC2CCNC2)cn1)c1ccccc1. The summed E-state index contributed by atoms with van der Waals surface area (Å²) in [6, 6.07) is 10.7. The van der Waals surface area contributed by atoms with E-state index >= 15 is 0 Å². The van der Waals surface area contributed by atoms with E-state index in [2.05, 4.69) is 20.9 Å². The second-order valence-corrected chi connectivity index (χ2v) is 6.45. The summed E-state index contributed by atoms with van der Waals surface area (Å²) in [7, 11) is 0. The first-order valence-corrected chi connectivity index (χ1v) is 8.87. The van der Waals surface area contributed by atoms with Crippen molar-refractivity contribution in [3.8, 4) is 0 Å². The third-order valence-corrected chi connectivity index (χ3v) is 4.37. The maximum Gasteiger partial charge on any atom is 0.320 e. The van der Waals surface area contributed by atoms with E-state index in [-0.39, 0.29) is 24.1 Å². The lowest BCUT2D eigenvalue weighted by molar-refractivity contribution is 0.208. The topological polar surface area (TPSA) is 125 Å². The monoisotopic (exact) mass is 368 g/mol. The van der Waals surface area contributed by atoms with Crippen molar-refractivity contribution < 1.29 is 9.53 Å². The van der Waals surface area contributed by atoms with Crippen LogP contribution in [0.15, 0.2) is 42.6 Å². The minimum atomic E-state index is -0.380. The molecule has 6 N–H and O–H groups in total. The number of hydrogen-bond donors (Lipinski definition) is 5. The van der Waals surface area contributed by atoms with Crippen LogP contribution in [0, 0.1) is 5.41 Å². The van der Waals surface area contributed by atoms with E-state index in [1.54, 1.807) is 0 Å². The van der Waals surface area contributed by atoms with Crippen LogP contribution in [0.2, 0.25) is 0 Å². The van der Waals surface area contributed by atoms with Gasteiger partial charge in [0.25, 0.3) is 0 Å². The number of nitrogens with zero attached hydrogens (tertiary/aromatic N) is 1. The molecule has 0 aliphatic carbocycles. The smallest absolute Gasteiger partial charge is 0.320 e. The van der Waals surface area contributed by atoms with Crippen LogP contribution in [-0.2, 0) is 4.74 Å². The molecular formula is C19H24N6O2. The van der Waals surface area contributed by atoms with Crippen LogP contribution in [0.4, 0.5) is 16.3 Å². The highest BCUT2D eigenvalue weighted by molar-refractivity contribution is 5.98. The minimum Gasteiger partial charge on any atom is -0.473 e. The largest absolute Gasteiger partial charge is 0.473 e. The zero-order chi connectivity index (χ0) is 19.2. The Morgan fingerprint density at radius 2 is 2.19 bits per heavy atom. The number of carbonyl (C=O) groups is 1. The standard InChI is InChI=1S/C19H24N6O2/c1-12(13-5-3-2-4-6-13)24-19(26)25-17-9-16(20)15(11-23-17)18(21)27-14-7-8-22-10-14/h2-6,9,11-12,14,21-22H,7-8,10H2,1H3,(H4,20,23,24,25,26). The molecule has 1 aromatic heterocycles. The van der Waals surface area contributed by atoms with Gasteiger partial charge in [0.1, 0.15) is 11.9 Å². The second kappa shape index (κ2) is 8.50. The van der Waals surface area contributed by atoms with Gasteiger partial charge in [-0.25, -0.2) is 9.78 Å². The van der Waals surface area contributed by atoms with Crippen LogP contribution in [-0.4, -0.2) is 36.1 Å². The fourth-order valence-electron chi connectivity index (χ4n) is 2.86. The quantitative estimate of drug-likeness (QED) is 0.409. The van der Waals surface area contributed by atoms with Crippen LogP contribution in [0.3, 0.4) is 0 Å². The number of nitrogens with one attached hydrogen (secondary N) is 4. The highest BCUT2D eigenvalue weighted by Gasteiger charge is 2.19. The number of carbonyl (C=O) groups excluding carboxylic acids is 1. The van der Waals surface area contributed by atoms with Crippen molar-refractivity contribution in [3.63, 3.8) is 0 Å². The first-order valence-electron chi connectivity index (χ1n) is 8.87. The number of hydrogen-bond acceptors (Lipinski definition) is 6. The molecule has 1 aromatic carbocycles. The maximum atomic E-state index is 12.2. The summed E-state index contributed by atoms with van der Waals surface area (Å²) >= 11 is 0. The summed E-state index contributed by atoms with van der Waals surface area (Å²) in [5, 5.41) is 16.7. The van der Waals surface area contributed by atoms with Gasteiger partial charge in [-0.2, -0.15) is 0 Å². The number of benzene rings is 1. The lowest BCUT2D eigenvalue weighted by atomic mass is 10.1. The molecule has 1 fully saturated rings. The first kappa shape index (κ1) is 18.7. The molecule has 1 saturated heterocycles. The number of urea groups is 1. The molecule has 2 atom stereocenters. The lowest BCUT2D eigenvalue weighted by Crippen LogP contribution is -2.31. The number of amides is 2. The molecule has 3 rings (SSSR count). The number of anilines is 2. The van der Waals surface area contributed by atoms with Gasteiger partial charge >= 0.3 is 6.03 Å². The third kappa shape index (κ3) is 4.95. The number of pyridine rings is 1. The summed E-state index contributed by atoms with van der Waals surface area (Å²) < 4.78 is 5.60. The van der Waals surface area contributed by atoms with Crippen molar-refractivity contribution in [1.82, 2.24) is 15.6 Å². The second-order valence-electron chi connectivity index (χ2n) is 6.45. The molecule has 2 heterocycles.